The second kappa shape index (κ2) is 5.66. The zero-order chi connectivity index (χ0) is 15.7. The first-order valence-electron chi connectivity index (χ1n) is 7.13. The Hall–Kier alpha value is -1.98. The highest BCUT2D eigenvalue weighted by Gasteiger charge is 2.37. The van der Waals surface area contributed by atoms with Gasteiger partial charge in [0.05, 0.1) is 10.9 Å². The van der Waals surface area contributed by atoms with Crippen LogP contribution in [0.15, 0.2) is 65.8 Å². The van der Waals surface area contributed by atoms with Crippen LogP contribution < -0.4 is 0 Å². The number of rotatable bonds is 3. The minimum Gasteiger partial charge on any atom is -0.264 e. The van der Waals surface area contributed by atoms with E-state index in [0.717, 1.165) is 16.7 Å². The van der Waals surface area contributed by atoms with Gasteiger partial charge in [-0.2, -0.15) is 4.31 Å². The summed E-state index contributed by atoms with van der Waals surface area (Å²) in [4.78, 5) is 4.42. The molecule has 1 unspecified atom stereocenters. The molecule has 2 heterocycles. The van der Waals surface area contributed by atoms with Crippen LogP contribution in [0, 0.1) is 6.92 Å². The predicted octanol–water partition coefficient (Wildman–Crippen LogP) is 3.08. The summed E-state index contributed by atoms with van der Waals surface area (Å²) in [6, 6.07) is 10.5. The van der Waals surface area contributed by atoms with E-state index in [1.54, 1.807) is 24.5 Å². The second-order valence-corrected chi connectivity index (χ2v) is 7.51. The molecule has 1 aliphatic heterocycles. The topological polar surface area (TPSA) is 50.3 Å². The Labute approximate surface area is 131 Å². The van der Waals surface area contributed by atoms with Gasteiger partial charge in [0.25, 0.3) is 0 Å². The first-order valence-corrected chi connectivity index (χ1v) is 8.57. The zero-order valence-electron chi connectivity index (χ0n) is 12.4. The van der Waals surface area contributed by atoms with Gasteiger partial charge in [-0.3, -0.25) is 4.98 Å². The van der Waals surface area contributed by atoms with E-state index in [2.05, 4.69) is 11.6 Å². The monoisotopic (exact) mass is 314 g/mol. The van der Waals surface area contributed by atoms with Gasteiger partial charge in [-0.1, -0.05) is 35.9 Å². The number of aryl methyl sites for hydroxylation is 1. The van der Waals surface area contributed by atoms with Crippen molar-refractivity contribution in [3.8, 4) is 0 Å². The van der Waals surface area contributed by atoms with Crippen LogP contribution in [0.1, 0.15) is 23.6 Å². The Bertz CT molecular complexity index is 783. The molecular formula is C17H18N2O2S. The quantitative estimate of drug-likeness (QED) is 0.818. The summed E-state index contributed by atoms with van der Waals surface area (Å²) >= 11 is 0. The Morgan fingerprint density at radius 1 is 1.23 bits per heavy atom. The van der Waals surface area contributed by atoms with E-state index in [4.69, 9.17) is 0 Å². The molecule has 0 saturated carbocycles. The highest BCUT2D eigenvalue weighted by Crippen LogP contribution is 2.38. The molecule has 0 N–H and O–H groups in total. The number of benzene rings is 1. The van der Waals surface area contributed by atoms with Crippen molar-refractivity contribution in [3.63, 3.8) is 0 Å². The summed E-state index contributed by atoms with van der Waals surface area (Å²) in [5.41, 5.74) is 2.86. The van der Waals surface area contributed by atoms with Crippen LogP contribution in [0.4, 0.5) is 0 Å². The summed E-state index contributed by atoms with van der Waals surface area (Å²) in [5.74, 6) is 0. The maximum absolute atomic E-state index is 12.9. The zero-order valence-corrected chi connectivity index (χ0v) is 13.3. The van der Waals surface area contributed by atoms with E-state index in [9.17, 15) is 8.42 Å². The summed E-state index contributed by atoms with van der Waals surface area (Å²) < 4.78 is 27.4. The lowest BCUT2D eigenvalue weighted by molar-refractivity contribution is 0.397. The number of pyridine rings is 1. The van der Waals surface area contributed by atoms with Gasteiger partial charge in [-0.15, -0.1) is 0 Å². The lowest BCUT2D eigenvalue weighted by Crippen LogP contribution is -2.30. The van der Waals surface area contributed by atoms with Crippen LogP contribution in [-0.4, -0.2) is 24.3 Å². The lowest BCUT2D eigenvalue weighted by Gasteiger charge is -2.23. The Morgan fingerprint density at radius 3 is 2.59 bits per heavy atom. The van der Waals surface area contributed by atoms with Crippen molar-refractivity contribution in [1.29, 1.82) is 0 Å². The van der Waals surface area contributed by atoms with Crippen molar-refractivity contribution in [2.45, 2.75) is 24.3 Å². The standard InChI is InChI=1S/C17H18N2O2S/c1-13-5-7-16(8-6-13)22(20,21)19-12-14(2)10-17(19)15-4-3-9-18-11-15/h3-9,11,17H,2,10,12H2,1H3. The minimum absolute atomic E-state index is 0.229. The molecule has 1 aliphatic rings. The molecule has 5 heteroatoms. The predicted molar refractivity (Wildman–Crippen MR) is 85.8 cm³/mol. The van der Waals surface area contributed by atoms with Gasteiger partial charge in [0.2, 0.25) is 10.0 Å². The first-order chi connectivity index (χ1) is 10.5. The molecule has 2 aromatic rings. The lowest BCUT2D eigenvalue weighted by atomic mass is 10.1. The molecular weight excluding hydrogens is 296 g/mol. The molecule has 22 heavy (non-hydrogen) atoms. The molecule has 1 aromatic carbocycles. The van der Waals surface area contributed by atoms with Gasteiger partial charge >= 0.3 is 0 Å². The van der Waals surface area contributed by atoms with Crippen molar-refractivity contribution < 1.29 is 8.42 Å². The van der Waals surface area contributed by atoms with E-state index in [1.807, 2.05) is 31.2 Å². The van der Waals surface area contributed by atoms with Crippen LogP contribution in [0.2, 0.25) is 0 Å². The van der Waals surface area contributed by atoms with Crippen molar-refractivity contribution in [2.75, 3.05) is 6.54 Å². The largest absolute Gasteiger partial charge is 0.264 e. The molecule has 1 saturated heterocycles. The number of aromatic nitrogens is 1. The molecule has 1 atom stereocenters. The summed E-state index contributed by atoms with van der Waals surface area (Å²) in [6.07, 6.45) is 4.05. The van der Waals surface area contributed by atoms with Gasteiger partial charge in [0.15, 0.2) is 0 Å². The van der Waals surface area contributed by atoms with E-state index in [0.29, 0.717) is 17.9 Å². The molecule has 0 amide bonds. The van der Waals surface area contributed by atoms with Crippen molar-refractivity contribution in [2.24, 2.45) is 0 Å². The van der Waals surface area contributed by atoms with Crippen LogP contribution in [0.3, 0.4) is 0 Å². The Balaban J connectivity index is 2.01. The Kier molecular flexibility index (Phi) is 3.85. The summed E-state index contributed by atoms with van der Waals surface area (Å²) in [6.45, 7) is 6.27. The van der Waals surface area contributed by atoms with Crippen molar-refractivity contribution >= 4 is 10.0 Å². The third-order valence-electron chi connectivity index (χ3n) is 3.91. The number of nitrogens with zero attached hydrogens (tertiary/aromatic N) is 2. The normalized spacial score (nSPS) is 19.5. The average molecular weight is 314 g/mol. The molecule has 114 valence electrons. The summed E-state index contributed by atoms with van der Waals surface area (Å²) in [5, 5.41) is 0. The molecule has 1 aromatic heterocycles. The van der Waals surface area contributed by atoms with Gasteiger partial charge < -0.3 is 0 Å². The molecule has 0 spiro atoms. The maximum atomic E-state index is 12.9. The van der Waals surface area contributed by atoms with Gasteiger partial charge in [0.1, 0.15) is 0 Å². The van der Waals surface area contributed by atoms with Crippen LogP contribution in [0.25, 0.3) is 0 Å². The maximum Gasteiger partial charge on any atom is 0.243 e. The van der Waals surface area contributed by atoms with Gasteiger partial charge in [-0.05, 0) is 37.1 Å². The average Bonchev–Trinajstić information content (AvgIpc) is 2.91. The number of hydrogen-bond donors (Lipinski definition) is 0. The molecule has 0 aliphatic carbocycles. The van der Waals surface area contributed by atoms with Crippen LogP contribution in [0.5, 0.6) is 0 Å². The molecule has 1 fully saturated rings. The van der Waals surface area contributed by atoms with Gasteiger partial charge in [-0.25, -0.2) is 8.42 Å². The van der Waals surface area contributed by atoms with Crippen LogP contribution >= 0.6 is 0 Å². The third kappa shape index (κ3) is 2.69. The van der Waals surface area contributed by atoms with Crippen molar-refractivity contribution in [3.05, 3.63) is 72.1 Å². The van der Waals surface area contributed by atoms with E-state index >= 15 is 0 Å². The fourth-order valence-electron chi connectivity index (χ4n) is 2.73. The molecule has 0 bridgehead atoms. The minimum atomic E-state index is -3.54. The second-order valence-electron chi connectivity index (χ2n) is 5.62. The van der Waals surface area contributed by atoms with Crippen molar-refractivity contribution in [1.82, 2.24) is 9.29 Å². The fourth-order valence-corrected chi connectivity index (χ4v) is 4.36. The SMILES string of the molecule is C=C1CC(c2cccnc2)N(S(=O)(=O)c2ccc(C)cc2)C1. The Morgan fingerprint density at radius 2 is 1.95 bits per heavy atom. The number of hydrogen-bond acceptors (Lipinski definition) is 3. The van der Waals surface area contributed by atoms with Crippen LogP contribution in [-0.2, 0) is 10.0 Å². The molecule has 4 nitrogen and oxygen atoms in total. The van der Waals surface area contributed by atoms with E-state index in [-0.39, 0.29) is 6.04 Å². The molecule has 3 rings (SSSR count). The van der Waals surface area contributed by atoms with E-state index < -0.39 is 10.0 Å². The van der Waals surface area contributed by atoms with E-state index in [1.165, 1.54) is 4.31 Å². The van der Waals surface area contributed by atoms with Gasteiger partial charge in [0, 0.05) is 18.9 Å². The first kappa shape index (κ1) is 14.9. The highest BCUT2D eigenvalue weighted by molar-refractivity contribution is 7.89. The smallest absolute Gasteiger partial charge is 0.243 e. The third-order valence-corrected chi connectivity index (χ3v) is 5.77. The molecule has 0 radical (unpaired) electrons. The fraction of sp³-hybridized carbons (Fsp3) is 0.235. The number of sulfonamides is 1. The summed E-state index contributed by atoms with van der Waals surface area (Å²) in [7, 11) is -3.54. The highest BCUT2D eigenvalue weighted by atomic mass is 32.2.